The van der Waals surface area contributed by atoms with Crippen LogP contribution >= 0.6 is 0 Å². The van der Waals surface area contributed by atoms with Gasteiger partial charge in [0.2, 0.25) is 0 Å². The minimum Gasteiger partial charge on any atom is -0.267 e. The number of hydrogen-bond acceptors (Lipinski definition) is 3. The predicted octanol–water partition coefficient (Wildman–Crippen LogP) is 2.32. The third kappa shape index (κ3) is 1.82. The SMILES string of the molecule is CCC(C)N(CC)N1C(=O)c2ccccc2C1=O. The van der Waals surface area contributed by atoms with Crippen LogP contribution in [0.4, 0.5) is 0 Å². The lowest BCUT2D eigenvalue weighted by atomic mass is 10.1. The van der Waals surface area contributed by atoms with Gasteiger partial charge in [-0.3, -0.25) is 9.59 Å². The van der Waals surface area contributed by atoms with E-state index in [4.69, 9.17) is 0 Å². The van der Waals surface area contributed by atoms with Crippen molar-refractivity contribution in [1.29, 1.82) is 0 Å². The van der Waals surface area contributed by atoms with Gasteiger partial charge in [0, 0.05) is 12.6 Å². The molecule has 0 bridgehead atoms. The first-order valence-corrected chi connectivity index (χ1v) is 6.36. The predicted molar refractivity (Wildman–Crippen MR) is 69.1 cm³/mol. The lowest BCUT2D eigenvalue weighted by molar-refractivity contribution is -0.0152. The highest BCUT2D eigenvalue weighted by Crippen LogP contribution is 2.25. The summed E-state index contributed by atoms with van der Waals surface area (Å²) in [5, 5.41) is 3.13. The highest BCUT2D eigenvalue weighted by molar-refractivity contribution is 6.20. The molecule has 4 nitrogen and oxygen atoms in total. The van der Waals surface area contributed by atoms with E-state index in [1.54, 1.807) is 24.3 Å². The molecule has 0 aromatic heterocycles. The third-order valence-corrected chi connectivity index (χ3v) is 3.45. The summed E-state index contributed by atoms with van der Waals surface area (Å²) in [6.07, 6.45) is 0.890. The van der Waals surface area contributed by atoms with Crippen LogP contribution in [-0.4, -0.2) is 34.4 Å². The molecule has 1 heterocycles. The van der Waals surface area contributed by atoms with E-state index in [1.807, 2.05) is 25.8 Å². The minimum atomic E-state index is -0.210. The van der Waals surface area contributed by atoms with E-state index in [-0.39, 0.29) is 17.9 Å². The Morgan fingerprint density at radius 3 is 2.00 bits per heavy atom. The van der Waals surface area contributed by atoms with Crippen molar-refractivity contribution in [2.45, 2.75) is 33.2 Å². The third-order valence-electron chi connectivity index (χ3n) is 3.45. The molecule has 2 rings (SSSR count). The number of fused-ring (bicyclic) bond motifs is 1. The van der Waals surface area contributed by atoms with Crippen LogP contribution in [0.25, 0.3) is 0 Å². The Labute approximate surface area is 107 Å². The largest absolute Gasteiger partial charge is 0.276 e. The number of carbonyl (C=O) groups is 2. The van der Waals surface area contributed by atoms with Crippen LogP contribution in [0.15, 0.2) is 24.3 Å². The Kier molecular flexibility index (Phi) is 3.48. The molecular formula is C14H18N2O2. The summed E-state index contributed by atoms with van der Waals surface area (Å²) < 4.78 is 0. The van der Waals surface area contributed by atoms with Crippen molar-refractivity contribution in [3.05, 3.63) is 35.4 Å². The molecule has 0 aliphatic carbocycles. The van der Waals surface area contributed by atoms with Crippen LogP contribution in [0.5, 0.6) is 0 Å². The normalized spacial score (nSPS) is 16.3. The van der Waals surface area contributed by atoms with E-state index in [1.165, 1.54) is 5.01 Å². The second-order valence-electron chi connectivity index (χ2n) is 4.48. The maximum atomic E-state index is 12.3. The average molecular weight is 246 g/mol. The van der Waals surface area contributed by atoms with Crippen LogP contribution in [0.1, 0.15) is 47.9 Å². The van der Waals surface area contributed by atoms with Gasteiger partial charge in [0.25, 0.3) is 11.8 Å². The second kappa shape index (κ2) is 4.90. The summed E-state index contributed by atoms with van der Waals surface area (Å²) >= 11 is 0. The lowest BCUT2D eigenvalue weighted by Gasteiger charge is -2.33. The van der Waals surface area contributed by atoms with Gasteiger partial charge in [-0.2, -0.15) is 0 Å². The van der Waals surface area contributed by atoms with Crippen molar-refractivity contribution in [2.24, 2.45) is 0 Å². The van der Waals surface area contributed by atoms with Crippen molar-refractivity contribution >= 4 is 11.8 Å². The molecule has 1 unspecified atom stereocenters. The van der Waals surface area contributed by atoms with Gasteiger partial charge in [-0.05, 0) is 25.5 Å². The molecule has 0 radical (unpaired) electrons. The van der Waals surface area contributed by atoms with Gasteiger partial charge in [-0.1, -0.05) is 26.0 Å². The smallest absolute Gasteiger partial charge is 0.267 e. The first-order valence-electron chi connectivity index (χ1n) is 6.36. The fourth-order valence-corrected chi connectivity index (χ4v) is 2.27. The molecule has 1 aliphatic heterocycles. The molecule has 96 valence electrons. The van der Waals surface area contributed by atoms with Crippen molar-refractivity contribution in [3.63, 3.8) is 0 Å². The lowest BCUT2D eigenvalue weighted by Crippen LogP contribution is -2.50. The first-order chi connectivity index (χ1) is 8.61. The Bertz CT molecular complexity index is 449. The molecule has 0 fully saturated rings. The van der Waals surface area contributed by atoms with Gasteiger partial charge in [0.1, 0.15) is 0 Å². The highest BCUT2D eigenvalue weighted by atomic mass is 16.2. The van der Waals surface area contributed by atoms with E-state index in [9.17, 15) is 9.59 Å². The molecule has 0 spiro atoms. The van der Waals surface area contributed by atoms with E-state index in [0.29, 0.717) is 17.7 Å². The Balaban J connectivity index is 2.38. The molecule has 1 aromatic rings. The van der Waals surface area contributed by atoms with Crippen molar-refractivity contribution in [2.75, 3.05) is 6.54 Å². The summed E-state index contributed by atoms with van der Waals surface area (Å²) in [6.45, 7) is 6.66. The zero-order valence-electron chi connectivity index (χ0n) is 11.0. The molecule has 1 aromatic carbocycles. The van der Waals surface area contributed by atoms with Gasteiger partial charge < -0.3 is 0 Å². The summed E-state index contributed by atoms with van der Waals surface area (Å²) in [5.74, 6) is -0.421. The minimum absolute atomic E-state index is 0.164. The van der Waals surface area contributed by atoms with E-state index in [0.717, 1.165) is 6.42 Å². The standard InChI is InChI=1S/C14H18N2O2/c1-4-10(3)15(5-2)16-13(17)11-8-6-7-9-12(11)14(16)18/h6-10H,4-5H2,1-3H3. The van der Waals surface area contributed by atoms with E-state index < -0.39 is 0 Å². The molecule has 0 saturated carbocycles. The zero-order chi connectivity index (χ0) is 13.3. The Morgan fingerprint density at radius 2 is 1.61 bits per heavy atom. The van der Waals surface area contributed by atoms with E-state index in [2.05, 4.69) is 0 Å². The number of rotatable bonds is 4. The van der Waals surface area contributed by atoms with E-state index >= 15 is 0 Å². The van der Waals surface area contributed by atoms with Gasteiger partial charge in [-0.25, -0.2) is 10.0 Å². The Hall–Kier alpha value is -1.68. The fraction of sp³-hybridized carbons (Fsp3) is 0.429. The quantitative estimate of drug-likeness (QED) is 0.765. The molecular weight excluding hydrogens is 228 g/mol. The molecule has 2 amide bonds. The monoisotopic (exact) mass is 246 g/mol. The number of hydrazine groups is 1. The number of amides is 2. The van der Waals surface area contributed by atoms with Crippen molar-refractivity contribution < 1.29 is 9.59 Å². The summed E-state index contributed by atoms with van der Waals surface area (Å²) in [4.78, 5) is 24.6. The van der Waals surface area contributed by atoms with Crippen molar-refractivity contribution in [3.8, 4) is 0 Å². The van der Waals surface area contributed by atoms with Gasteiger partial charge in [0.15, 0.2) is 0 Å². The van der Waals surface area contributed by atoms with Gasteiger partial charge in [-0.15, -0.1) is 0 Å². The van der Waals surface area contributed by atoms with Gasteiger partial charge >= 0.3 is 0 Å². The molecule has 18 heavy (non-hydrogen) atoms. The number of carbonyl (C=O) groups excluding carboxylic acids is 2. The Morgan fingerprint density at radius 1 is 1.11 bits per heavy atom. The second-order valence-corrected chi connectivity index (χ2v) is 4.48. The van der Waals surface area contributed by atoms with Crippen molar-refractivity contribution in [1.82, 2.24) is 10.0 Å². The number of hydrogen-bond donors (Lipinski definition) is 0. The highest BCUT2D eigenvalue weighted by Gasteiger charge is 2.39. The van der Waals surface area contributed by atoms with Crippen LogP contribution in [0.2, 0.25) is 0 Å². The molecule has 4 heteroatoms. The zero-order valence-corrected chi connectivity index (χ0v) is 11.0. The molecule has 0 saturated heterocycles. The number of benzene rings is 1. The molecule has 0 N–H and O–H groups in total. The fourth-order valence-electron chi connectivity index (χ4n) is 2.27. The number of imide groups is 1. The maximum absolute atomic E-state index is 12.3. The first kappa shape index (κ1) is 12.8. The summed E-state index contributed by atoms with van der Waals surface area (Å²) in [5.41, 5.74) is 1.01. The van der Waals surface area contributed by atoms with Crippen LogP contribution < -0.4 is 0 Å². The summed E-state index contributed by atoms with van der Waals surface area (Å²) in [6, 6.07) is 7.15. The topological polar surface area (TPSA) is 40.6 Å². The van der Waals surface area contributed by atoms with Crippen LogP contribution in [0, 0.1) is 0 Å². The molecule has 1 atom stereocenters. The molecule has 1 aliphatic rings. The number of nitrogens with zero attached hydrogens (tertiary/aromatic N) is 2. The average Bonchev–Trinajstić information content (AvgIpc) is 2.65. The van der Waals surface area contributed by atoms with Gasteiger partial charge in [0.05, 0.1) is 11.1 Å². The maximum Gasteiger partial charge on any atom is 0.276 e. The summed E-state index contributed by atoms with van der Waals surface area (Å²) in [7, 11) is 0. The van der Waals surface area contributed by atoms with Crippen LogP contribution in [-0.2, 0) is 0 Å². The van der Waals surface area contributed by atoms with Crippen LogP contribution in [0.3, 0.4) is 0 Å².